The van der Waals surface area contributed by atoms with Crippen molar-refractivity contribution in [2.75, 3.05) is 5.57 Å². The van der Waals surface area contributed by atoms with Gasteiger partial charge in [-0.25, -0.2) is 0 Å². The van der Waals surface area contributed by atoms with Crippen LogP contribution in [0.25, 0.3) is 10.9 Å². The van der Waals surface area contributed by atoms with Crippen molar-refractivity contribution < 1.29 is 4.39 Å². The van der Waals surface area contributed by atoms with E-state index in [0.29, 0.717) is 5.56 Å². The number of alkyl halides is 1. The second-order valence-electron chi connectivity index (χ2n) is 2.78. The summed E-state index contributed by atoms with van der Waals surface area (Å²) in [5.74, 6) is 0. The zero-order valence-electron chi connectivity index (χ0n) is 7.25. The molecule has 0 radical (unpaired) electrons. The van der Waals surface area contributed by atoms with E-state index in [-0.39, 0.29) is 20.5 Å². The number of rotatable bonds is 2. The third-order valence-corrected chi connectivity index (χ3v) is 3.57. The van der Waals surface area contributed by atoms with Crippen LogP contribution in [-0.2, 0) is 0 Å². The Labute approximate surface area is 86.9 Å². The van der Waals surface area contributed by atoms with E-state index in [4.69, 9.17) is 5.26 Å². The van der Waals surface area contributed by atoms with Gasteiger partial charge in [0, 0.05) is 0 Å². The van der Waals surface area contributed by atoms with Crippen LogP contribution < -0.4 is 4.46 Å². The van der Waals surface area contributed by atoms with Crippen molar-refractivity contribution in [3.05, 3.63) is 30.0 Å². The molecule has 0 fully saturated rings. The van der Waals surface area contributed by atoms with Crippen LogP contribution in [-0.4, -0.2) is 25.5 Å². The average Bonchev–Trinajstić information content (AvgIpc) is 2.61. The van der Waals surface area contributed by atoms with Crippen molar-refractivity contribution in [1.82, 2.24) is 4.98 Å². The SMILES string of the molecule is N#Cc1ccc2c([Se]CF)c[nH]c2c1. The zero-order chi connectivity index (χ0) is 9.97. The topological polar surface area (TPSA) is 39.6 Å². The van der Waals surface area contributed by atoms with E-state index >= 15 is 0 Å². The summed E-state index contributed by atoms with van der Waals surface area (Å²) in [6.45, 7) is 0. The Morgan fingerprint density at radius 2 is 2.36 bits per heavy atom. The van der Waals surface area contributed by atoms with E-state index in [0.717, 1.165) is 15.4 Å². The third-order valence-electron chi connectivity index (χ3n) is 1.98. The summed E-state index contributed by atoms with van der Waals surface area (Å²) in [6, 6.07) is 7.49. The minimum atomic E-state index is -0.292. The van der Waals surface area contributed by atoms with E-state index in [1.165, 1.54) is 0 Å². The number of hydrogen-bond acceptors (Lipinski definition) is 1. The molecule has 0 aliphatic carbocycles. The predicted molar refractivity (Wildman–Crippen MR) is 54.4 cm³/mol. The molecule has 0 spiro atoms. The number of aromatic nitrogens is 1. The van der Waals surface area contributed by atoms with Crippen LogP contribution in [0, 0.1) is 11.3 Å². The fraction of sp³-hybridized carbons (Fsp3) is 0.100. The van der Waals surface area contributed by atoms with Crippen LogP contribution in [0.4, 0.5) is 4.39 Å². The van der Waals surface area contributed by atoms with Crippen molar-refractivity contribution in [2.24, 2.45) is 0 Å². The van der Waals surface area contributed by atoms with E-state index in [1.54, 1.807) is 12.1 Å². The number of benzene rings is 1. The number of halogens is 1. The average molecular weight is 253 g/mol. The first-order valence-electron chi connectivity index (χ1n) is 4.05. The number of nitrogens with one attached hydrogen (secondary N) is 1. The van der Waals surface area contributed by atoms with Crippen molar-refractivity contribution in [2.45, 2.75) is 0 Å². The predicted octanol–water partition coefficient (Wildman–Crippen LogP) is 1.30. The first-order valence-corrected chi connectivity index (χ1v) is 6.12. The van der Waals surface area contributed by atoms with Gasteiger partial charge in [-0.2, -0.15) is 0 Å². The van der Waals surface area contributed by atoms with E-state index < -0.39 is 0 Å². The summed E-state index contributed by atoms with van der Waals surface area (Å²) in [7, 11) is 0. The van der Waals surface area contributed by atoms with Crippen LogP contribution in [0.15, 0.2) is 24.4 Å². The first kappa shape index (κ1) is 9.26. The number of H-pyrrole nitrogens is 1. The Balaban J connectivity index is 2.55. The van der Waals surface area contributed by atoms with E-state index in [1.807, 2.05) is 12.3 Å². The molecular weight excluding hydrogens is 246 g/mol. The van der Waals surface area contributed by atoms with Crippen molar-refractivity contribution >= 4 is 30.3 Å². The number of aromatic amines is 1. The second-order valence-corrected chi connectivity index (χ2v) is 4.76. The van der Waals surface area contributed by atoms with Gasteiger partial charge >= 0.3 is 86.6 Å². The molecule has 0 saturated carbocycles. The normalized spacial score (nSPS) is 10.3. The summed E-state index contributed by atoms with van der Waals surface area (Å²) < 4.78 is 13.2. The van der Waals surface area contributed by atoms with Crippen molar-refractivity contribution in [1.29, 1.82) is 5.26 Å². The quantitative estimate of drug-likeness (QED) is 0.805. The molecule has 2 aromatic rings. The van der Waals surface area contributed by atoms with Gasteiger partial charge in [0.25, 0.3) is 0 Å². The van der Waals surface area contributed by atoms with Crippen LogP contribution in [0.5, 0.6) is 0 Å². The molecule has 0 aliphatic heterocycles. The monoisotopic (exact) mass is 254 g/mol. The number of nitrogens with zero attached hydrogens (tertiary/aromatic N) is 1. The van der Waals surface area contributed by atoms with E-state index in [9.17, 15) is 4.39 Å². The molecule has 14 heavy (non-hydrogen) atoms. The molecule has 0 unspecified atom stereocenters. The zero-order valence-corrected chi connectivity index (χ0v) is 8.96. The van der Waals surface area contributed by atoms with Crippen LogP contribution in [0.3, 0.4) is 0 Å². The number of hydrogen-bond donors (Lipinski definition) is 1. The van der Waals surface area contributed by atoms with E-state index in [2.05, 4.69) is 11.1 Å². The summed E-state index contributed by atoms with van der Waals surface area (Å²) in [5, 5.41) is 9.72. The Morgan fingerprint density at radius 1 is 1.50 bits per heavy atom. The molecule has 0 saturated heterocycles. The van der Waals surface area contributed by atoms with Crippen LogP contribution in [0.2, 0.25) is 0 Å². The van der Waals surface area contributed by atoms with Gasteiger partial charge in [0.1, 0.15) is 0 Å². The van der Waals surface area contributed by atoms with Gasteiger partial charge in [-0.3, -0.25) is 0 Å². The Bertz CT molecular complexity index is 498. The van der Waals surface area contributed by atoms with Gasteiger partial charge in [-0.1, -0.05) is 0 Å². The summed E-state index contributed by atoms with van der Waals surface area (Å²) in [6.07, 6.45) is 1.82. The standard InChI is InChI=1S/C10H7FN2Se/c11-6-14-10-5-13-9-3-7(4-12)1-2-8(9)10/h1-3,5,13H,6H2. The molecule has 0 atom stereocenters. The second kappa shape index (κ2) is 3.83. The maximum absolute atomic E-state index is 12.2. The van der Waals surface area contributed by atoms with Gasteiger partial charge in [-0.05, 0) is 0 Å². The third kappa shape index (κ3) is 1.52. The van der Waals surface area contributed by atoms with Crippen LogP contribution >= 0.6 is 0 Å². The fourth-order valence-electron chi connectivity index (χ4n) is 1.35. The van der Waals surface area contributed by atoms with Gasteiger partial charge < -0.3 is 0 Å². The van der Waals surface area contributed by atoms with Crippen LogP contribution in [0.1, 0.15) is 5.56 Å². The molecule has 1 aromatic carbocycles. The Kier molecular flexibility index (Phi) is 2.53. The van der Waals surface area contributed by atoms with Gasteiger partial charge in [-0.15, -0.1) is 0 Å². The first-order chi connectivity index (χ1) is 6.85. The van der Waals surface area contributed by atoms with Crippen molar-refractivity contribution in [3.8, 4) is 6.07 Å². The molecule has 1 N–H and O–H groups in total. The van der Waals surface area contributed by atoms with Gasteiger partial charge in [0.15, 0.2) is 0 Å². The molecule has 2 nitrogen and oxygen atoms in total. The molecule has 2 rings (SSSR count). The minimum absolute atomic E-state index is 0.119. The molecule has 0 aliphatic rings. The molecule has 0 bridgehead atoms. The molecular formula is C10H7FN2Se. The summed E-state index contributed by atoms with van der Waals surface area (Å²) in [5.41, 5.74) is 1.24. The fourth-order valence-corrected chi connectivity index (χ4v) is 2.59. The molecule has 0 amide bonds. The Morgan fingerprint density at radius 3 is 3.07 bits per heavy atom. The molecule has 4 heteroatoms. The molecule has 1 aromatic heterocycles. The van der Waals surface area contributed by atoms with Gasteiger partial charge in [0.05, 0.1) is 0 Å². The molecule has 1 heterocycles. The van der Waals surface area contributed by atoms with Gasteiger partial charge in [0.2, 0.25) is 0 Å². The summed E-state index contributed by atoms with van der Waals surface area (Å²) >= 11 is -0.119. The maximum atomic E-state index is 12.2. The number of nitriles is 1. The Hall–Kier alpha value is -1.30. The van der Waals surface area contributed by atoms with Crippen molar-refractivity contribution in [3.63, 3.8) is 0 Å². The summed E-state index contributed by atoms with van der Waals surface area (Å²) in [4.78, 5) is 3.05. The number of fused-ring (bicyclic) bond motifs is 1. The molecule has 70 valence electrons.